The third-order valence-corrected chi connectivity index (χ3v) is 5.50. The van der Waals surface area contributed by atoms with Crippen molar-refractivity contribution in [3.63, 3.8) is 0 Å². The van der Waals surface area contributed by atoms with E-state index in [-0.39, 0.29) is 11.9 Å². The number of nitrogens with zero attached hydrogens (tertiary/aromatic N) is 3. The lowest BCUT2D eigenvalue weighted by atomic mass is 9.95. The van der Waals surface area contributed by atoms with Crippen LogP contribution in [0.4, 0.5) is 0 Å². The summed E-state index contributed by atoms with van der Waals surface area (Å²) >= 11 is 0. The maximum Gasteiger partial charge on any atom is 0.254 e. The summed E-state index contributed by atoms with van der Waals surface area (Å²) in [5.41, 5.74) is 6.07. The van der Waals surface area contributed by atoms with Gasteiger partial charge in [-0.25, -0.2) is 0 Å². The number of piperidine rings is 1. The smallest absolute Gasteiger partial charge is 0.254 e. The van der Waals surface area contributed by atoms with Crippen LogP contribution in [0.2, 0.25) is 0 Å². The van der Waals surface area contributed by atoms with Gasteiger partial charge >= 0.3 is 0 Å². The normalized spacial score (nSPS) is 16.8. The number of aryl methyl sites for hydroxylation is 2. The highest BCUT2D eigenvalue weighted by atomic mass is 16.2. The largest absolute Gasteiger partial charge is 0.332 e. The minimum absolute atomic E-state index is 0.0962. The SMILES string of the molecule is Cc1ccc(-c2ccc(C(=O)N3CCCCC3c3cccnc3)cc2)c(C)n1. The van der Waals surface area contributed by atoms with E-state index >= 15 is 0 Å². The van der Waals surface area contributed by atoms with Gasteiger partial charge in [0.05, 0.1) is 6.04 Å². The zero-order valence-corrected chi connectivity index (χ0v) is 16.4. The monoisotopic (exact) mass is 371 g/mol. The van der Waals surface area contributed by atoms with Crippen molar-refractivity contribution in [1.29, 1.82) is 0 Å². The van der Waals surface area contributed by atoms with Crippen LogP contribution in [0.1, 0.15) is 52.6 Å². The molecule has 0 bridgehead atoms. The van der Waals surface area contributed by atoms with Gasteiger partial charge in [-0.1, -0.05) is 24.3 Å². The Kier molecular flexibility index (Phi) is 5.20. The second-order valence-electron chi connectivity index (χ2n) is 7.46. The molecule has 1 atom stereocenters. The number of aromatic nitrogens is 2. The van der Waals surface area contributed by atoms with E-state index in [9.17, 15) is 4.79 Å². The van der Waals surface area contributed by atoms with Gasteiger partial charge in [-0.15, -0.1) is 0 Å². The molecule has 1 saturated heterocycles. The summed E-state index contributed by atoms with van der Waals surface area (Å²) < 4.78 is 0. The molecule has 0 saturated carbocycles. The molecule has 0 radical (unpaired) electrons. The number of likely N-dealkylation sites (tertiary alicyclic amines) is 1. The van der Waals surface area contributed by atoms with Crippen molar-refractivity contribution in [3.8, 4) is 11.1 Å². The summed E-state index contributed by atoms with van der Waals surface area (Å²) in [5, 5.41) is 0. The summed E-state index contributed by atoms with van der Waals surface area (Å²) in [4.78, 5) is 24.0. The average molecular weight is 371 g/mol. The molecule has 4 heteroatoms. The van der Waals surface area contributed by atoms with Gasteiger partial charge in [-0.05, 0) is 68.5 Å². The Hall–Kier alpha value is -3.01. The lowest BCUT2D eigenvalue weighted by molar-refractivity contribution is 0.0611. The Morgan fingerprint density at radius 3 is 2.57 bits per heavy atom. The fourth-order valence-corrected chi connectivity index (χ4v) is 4.04. The van der Waals surface area contributed by atoms with Gasteiger partial charge in [0.1, 0.15) is 0 Å². The van der Waals surface area contributed by atoms with Crippen molar-refractivity contribution in [1.82, 2.24) is 14.9 Å². The molecule has 1 fully saturated rings. The molecule has 1 unspecified atom stereocenters. The van der Waals surface area contributed by atoms with Gasteiger partial charge in [-0.2, -0.15) is 0 Å². The van der Waals surface area contributed by atoms with Crippen LogP contribution in [-0.2, 0) is 0 Å². The van der Waals surface area contributed by atoms with Crippen molar-refractivity contribution in [2.75, 3.05) is 6.54 Å². The number of pyridine rings is 2. The Morgan fingerprint density at radius 2 is 1.86 bits per heavy atom. The lowest BCUT2D eigenvalue weighted by Crippen LogP contribution is -2.38. The molecule has 4 nitrogen and oxygen atoms in total. The number of carbonyl (C=O) groups is 1. The number of carbonyl (C=O) groups excluding carboxylic acids is 1. The molecule has 4 rings (SSSR count). The first-order chi connectivity index (χ1) is 13.6. The quantitative estimate of drug-likeness (QED) is 0.641. The van der Waals surface area contributed by atoms with E-state index in [1.165, 1.54) is 0 Å². The topological polar surface area (TPSA) is 46.1 Å². The van der Waals surface area contributed by atoms with E-state index in [0.29, 0.717) is 0 Å². The minimum Gasteiger partial charge on any atom is -0.332 e. The van der Waals surface area contributed by atoms with E-state index in [4.69, 9.17) is 0 Å². The number of amides is 1. The van der Waals surface area contributed by atoms with Crippen LogP contribution in [0.25, 0.3) is 11.1 Å². The van der Waals surface area contributed by atoms with E-state index in [1.54, 1.807) is 6.20 Å². The lowest BCUT2D eigenvalue weighted by Gasteiger charge is -2.36. The highest BCUT2D eigenvalue weighted by Gasteiger charge is 2.28. The third kappa shape index (κ3) is 3.68. The summed E-state index contributed by atoms with van der Waals surface area (Å²) in [6.45, 7) is 4.81. The van der Waals surface area contributed by atoms with Gasteiger partial charge in [0, 0.05) is 41.5 Å². The van der Waals surface area contributed by atoms with Crippen LogP contribution >= 0.6 is 0 Å². The molecule has 28 heavy (non-hydrogen) atoms. The van der Waals surface area contributed by atoms with Crippen molar-refractivity contribution in [2.24, 2.45) is 0 Å². The Labute approximate surface area is 166 Å². The fraction of sp³-hybridized carbons (Fsp3) is 0.292. The molecule has 3 aromatic rings. The average Bonchev–Trinajstić information content (AvgIpc) is 2.74. The van der Waals surface area contributed by atoms with Crippen LogP contribution in [0.15, 0.2) is 60.9 Å². The second kappa shape index (κ2) is 7.93. The van der Waals surface area contributed by atoms with Crippen LogP contribution in [0.5, 0.6) is 0 Å². The summed E-state index contributed by atoms with van der Waals surface area (Å²) in [5.74, 6) is 0.0962. The van der Waals surface area contributed by atoms with Crippen LogP contribution in [0, 0.1) is 13.8 Å². The van der Waals surface area contributed by atoms with Gasteiger partial charge in [0.25, 0.3) is 5.91 Å². The Bertz CT molecular complexity index is 967. The molecular formula is C24H25N3O. The highest BCUT2D eigenvalue weighted by Crippen LogP contribution is 2.32. The van der Waals surface area contributed by atoms with Gasteiger partial charge in [0.2, 0.25) is 0 Å². The fourth-order valence-electron chi connectivity index (χ4n) is 4.04. The predicted octanol–water partition coefficient (Wildman–Crippen LogP) is 5.13. The molecule has 1 aliphatic heterocycles. The maximum absolute atomic E-state index is 13.2. The highest BCUT2D eigenvalue weighted by molar-refractivity contribution is 5.95. The number of hydrogen-bond donors (Lipinski definition) is 0. The molecule has 2 aromatic heterocycles. The standard InChI is InChI=1S/C24H25N3O/c1-17-8-13-22(18(2)26-17)19-9-11-20(12-10-19)24(28)27-15-4-3-7-23(27)21-6-5-14-25-16-21/h5-6,8-14,16,23H,3-4,7,15H2,1-2H3. The van der Waals surface area contributed by atoms with Crippen LogP contribution < -0.4 is 0 Å². The molecule has 0 N–H and O–H groups in total. The second-order valence-corrected chi connectivity index (χ2v) is 7.46. The molecule has 1 aromatic carbocycles. The first-order valence-corrected chi connectivity index (χ1v) is 9.89. The van der Waals surface area contributed by atoms with Crippen LogP contribution in [-0.4, -0.2) is 27.3 Å². The minimum atomic E-state index is 0.0962. The molecule has 142 valence electrons. The van der Waals surface area contributed by atoms with Gasteiger partial charge < -0.3 is 4.90 Å². The molecule has 0 aliphatic carbocycles. The Morgan fingerprint density at radius 1 is 1.04 bits per heavy atom. The summed E-state index contributed by atoms with van der Waals surface area (Å²) in [6, 6.07) is 16.2. The number of hydrogen-bond acceptors (Lipinski definition) is 3. The maximum atomic E-state index is 13.2. The van der Waals surface area contributed by atoms with E-state index in [0.717, 1.165) is 59.4 Å². The van der Waals surface area contributed by atoms with Gasteiger partial charge in [0.15, 0.2) is 0 Å². The zero-order chi connectivity index (χ0) is 19.5. The van der Waals surface area contributed by atoms with Crippen molar-refractivity contribution in [2.45, 2.75) is 39.2 Å². The van der Waals surface area contributed by atoms with Crippen molar-refractivity contribution in [3.05, 3.63) is 83.4 Å². The summed E-state index contributed by atoms with van der Waals surface area (Å²) in [6.07, 6.45) is 6.84. The number of benzene rings is 1. The molecule has 1 amide bonds. The first kappa shape index (κ1) is 18.4. The van der Waals surface area contributed by atoms with Crippen molar-refractivity contribution < 1.29 is 4.79 Å². The molecule has 0 spiro atoms. The molecule has 1 aliphatic rings. The zero-order valence-electron chi connectivity index (χ0n) is 16.4. The van der Waals surface area contributed by atoms with E-state index in [1.807, 2.05) is 61.3 Å². The summed E-state index contributed by atoms with van der Waals surface area (Å²) in [7, 11) is 0. The van der Waals surface area contributed by atoms with Gasteiger partial charge in [-0.3, -0.25) is 14.8 Å². The third-order valence-electron chi connectivity index (χ3n) is 5.50. The van der Waals surface area contributed by atoms with Crippen LogP contribution in [0.3, 0.4) is 0 Å². The molecule has 3 heterocycles. The number of rotatable bonds is 3. The predicted molar refractivity (Wildman–Crippen MR) is 111 cm³/mol. The first-order valence-electron chi connectivity index (χ1n) is 9.89. The Balaban J connectivity index is 1.59. The van der Waals surface area contributed by atoms with E-state index < -0.39 is 0 Å². The molecular weight excluding hydrogens is 346 g/mol. The van der Waals surface area contributed by atoms with E-state index in [2.05, 4.69) is 22.1 Å². The van der Waals surface area contributed by atoms with Crippen molar-refractivity contribution >= 4 is 5.91 Å².